The van der Waals surface area contributed by atoms with E-state index in [-0.39, 0.29) is 17.8 Å². The molecule has 0 saturated heterocycles. The van der Waals surface area contributed by atoms with Gasteiger partial charge in [0.1, 0.15) is 0 Å². The van der Waals surface area contributed by atoms with Gasteiger partial charge in [0.25, 0.3) is 0 Å². The first kappa shape index (κ1) is 14.2. The highest BCUT2D eigenvalue weighted by Crippen LogP contribution is 2.23. The number of hydrogen-bond acceptors (Lipinski definition) is 3. The average Bonchev–Trinajstić information content (AvgIpc) is 1.87. The van der Waals surface area contributed by atoms with E-state index in [4.69, 9.17) is 11.1 Å². The van der Waals surface area contributed by atoms with Gasteiger partial charge in [-0.2, -0.15) is 0 Å². The monoisotopic (exact) mass is 191 g/mol. The second-order valence-corrected chi connectivity index (χ2v) is 3.45. The Kier molecular flexibility index (Phi) is 8.61. The van der Waals surface area contributed by atoms with Crippen molar-refractivity contribution >= 4 is 18.4 Å². The van der Waals surface area contributed by atoms with Gasteiger partial charge in [-0.05, 0) is 24.8 Å². The molecule has 0 atom stereocenters. The molecule has 0 aliphatic heterocycles. The molecule has 3 N–H and O–H groups in total. The predicted molar refractivity (Wildman–Crippen MR) is 54.3 cm³/mol. The Morgan fingerprint density at radius 1 is 1.42 bits per heavy atom. The number of aliphatic imine (C=N–C) groups is 1. The molecule has 0 aromatic heterocycles. The molecule has 0 saturated carbocycles. The molecule has 12 heavy (non-hydrogen) atoms. The van der Waals surface area contributed by atoms with Gasteiger partial charge >= 0.3 is 0 Å². The molecule has 4 heteroatoms. The summed E-state index contributed by atoms with van der Waals surface area (Å²) < 4.78 is 0. The standard InChI is InChI=1S/C8H17N3.ClH/c1-8(2,3-5-9)4-6-11-7-10;/h10H,3-6,9H2,1-2H3;1H. The Morgan fingerprint density at radius 2 is 2.00 bits per heavy atom. The van der Waals surface area contributed by atoms with Gasteiger partial charge in [0.15, 0.2) is 0 Å². The summed E-state index contributed by atoms with van der Waals surface area (Å²) in [6.45, 7) is 5.75. The number of nitrogens with one attached hydrogen (secondary N) is 1. The van der Waals surface area contributed by atoms with Crippen molar-refractivity contribution in [3.63, 3.8) is 0 Å². The van der Waals surface area contributed by atoms with Gasteiger partial charge in [0.2, 0.25) is 0 Å². The first-order valence-corrected chi connectivity index (χ1v) is 3.91. The van der Waals surface area contributed by atoms with Crippen molar-refractivity contribution in [3.05, 3.63) is 0 Å². The minimum Gasteiger partial charge on any atom is -0.330 e. The lowest BCUT2D eigenvalue weighted by Gasteiger charge is -2.21. The number of nitrogens with zero attached hydrogens (tertiary/aromatic N) is 1. The van der Waals surface area contributed by atoms with Gasteiger partial charge < -0.3 is 5.73 Å². The first-order valence-electron chi connectivity index (χ1n) is 3.91. The molecular weight excluding hydrogens is 174 g/mol. The Bertz CT molecular complexity index is 150. The molecule has 0 aliphatic rings. The minimum absolute atomic E-state index is 0. The van der Waals surface area contributed by atoms with Crippen LogP contribution < -0.4 is 5.73 Å². The summed E-state index contributed by atoms with van der Waals surface area (Å²) in [6, 6.07) is 2.03. The highest BCUT2D eigenvalue weighted by Gasteiger charge is 2.15. The molecule has 0 aliphatic carbocycles. The summed E-state index contributed by atoms with van der Waals surface area (Å²) in [5, 5.41) is 6.57. The van der Waals surface area contributed by atoms with Crippen LogP contribution in [-0.2, 0) is 0 Å². The Labute approximate surface area is 80.4 Å². The van der Waals surface area contributed by atoms with Gasteiger partial charge in [-0.25, -0.2) is 10.4 Å². The van der Waals surface area contributed by atoms with Crippen LogP contribution in [0.1, 0.15) is 26.7 Å². The molecule has 0 unspecified atom stereocenters. The van der Waals surface area contributed by atoms with Crippen LogP contribution in [-0.4, -0.2) is 19.1 Å². The van der Waals surface area contributed by atoms with Crippen LogP contribution in [0.5, 0.6) is 0 Å². The van der Waals surface area contributed by atoms with E-state index >= 15 is 0 Å². The van der Waals surface area contributed by atoms with Gasteiger partial charge in [0.05, 0.1) is 12.6 Å². The molecule has 72 valence electrons. The van der Waals surface area contributed by atoms with Gasteiger partial charge in [-0.1, -0.05) is 13.8 Å². The zero-order valence-electron chi connectivity index (χ0n) is 7.76. The zero-order chi connectivity index (χ0) is 8.74. The normalized spacial score (nSPS) is 9.92. The number of halogens is 1. The number of nitrogens with two attached hydrogens (primary N) is 1. The summed E-state index contributed by atoms with van der Waals surface area (Å²) in [5.74, 6) is 0. The molecule has 0 bridgehead atoms. The third-order valence-electron chi connectivity index (χ3n) is 1.80. The second-order valence-electron chi connectivity index (χ2n) is 3.45. The molecule has 3 nitrogen and oxygen atoms in total. The predicted octanol–water partition coefficient (Wildman–Crippen LogP) is 1.93. The van der Waals surface area contributed by atoms with E-state index in [1.54, 1.807) is 0 Å². The van der Waals surface area contributed by atoms with E-state index in [9.17, 15) is 0 Å². The quantitative estimate of drug-likeness (QED) is 0.641. The van der Waals surface area contributed by atoms with E-state index in [0.29, 0.717) is 6.54 Å². The van der Waals surface area contributed by atoms with Crippen LogP contribution in [0.15, 0.2) is 4.99 Å². The number of rotatable bonds is 5. The van der Waals surface area contributed by atoms with Crippen molar-refractivity contribution in [2.45, 2.75) is 26.7 Å². The van der Waals surface area contributed by atoms with Gasteiger partial charge in [-0.15, -0.1) is 12.4 Å². The maximum Gasteiger partial charge on any atom is 0.0861 e. The molecular formula is C8H18ClN3. The van der Waals surface area contributed by atoms with Crippen molar-refractivity contribution in [1.29, 1.82) is 5.41 Å². The van der Waals surface area contributed by atoms with E-state index in [0.717, 1.165) is 19.4 Å². The van der Waals surface area contributed by atoms with E-state index in [1.807, 2.05) is 6.01 Å². The van der Waals surface area contributed by atoms with Crippen LogP contribution in [0.3, 0.4) is 0 Å². The lowest BCUT2D eigenvalue weighted by Crippen LogP contribution is -2.17. The van der Waals surface area contributed by atoms with Crippen molar-refractivity contribution in [2.24, 2.45) is 16.1 Å². The Balaban J connectivity index is 0. The van der Waals surface area contributed by atoms with Crippen molar-refractivity contribution in [1.82, 2.24) is 0 Å². The van der Waals surface area contributed by atoms with Gasteiger partial charge in [0, 0.05) is 0 Å². The van der Waals surface area contributed by atoms with Crippen LogP contribution in [0.25, 0.3) is 0 Å². The summed E-state index contributed by atoms with van der Waals surface area (Å²) in [7, 11) is 0. The largest absolute Gasteiger partial charge is 0.330 e. The minimum atomic E-state index is 0. The maximum absolute atomic E-state index is 6.57. The fraction of sp³-hybridized carbons (Fsp3) is 0.875. The van der Waals surface area contributed by atoms with Crippen LogP contribution in [0.2, 0.25) is 0 Å². The highest BCUT2D eigenvalue weighted by molar-refractivity contribution is 5.85. The SMILES string of the molecule is CC(C)(CCN)CCN=C=N.Cl. The van der Waals surface area contributed by atoms with Crippen LogP contribution in [0.4, 0.5) is 0 Å². The van der Waals surface area contributed by atoms with Crippen molar-refractivity contribution < 1.29 is 0 Å². The van der Waals surface area contributed by atoms with Gasteiger partial charge in [-0.3, -0.25) is 0 Å². The lowest BCUT2D eigenvalue weighted by atomic mass is 9.86. The fourth-order valence-electron chi connectivity index (χ4n) is 0.930. The molecule has 0 radical (unpaired) electrons. The third-order valence-corrected chi connectivity index (χ3v) is 1.80. The zero-order valence-corrected chi connectivity index (χ0v) is 8.58. The Hall–Kier alpha value is -0.370. The molecule has 0 aromatic carbocycles. The van der Waals surface area contributed by atoms with Crippen molar-refractivity contribution in [2.75, 3.05) is 13.1 Å². The van der Waals surface area contributed by atoms with Crippen LogP contribution >= 0.6 is 12.4 Å². The molecule has 0 spiro atoms. The summed E-state index contributed by atoms with van der Waals surface area (Å²) in [6.07, 6.45) is 2.00. The molecule has 0 heterocycles. The summed E-state index contributed by atoms with van der Waals surface area (Å²) in [4.78, 5) is 3.72. The fourth-order valence-corrected chi connectivity index (χ4v) is 0.930. The molecule has 0 rings (SSSR count). The summed E-state index contributed by atoms with van der Waals surface area (Å²) >= 11 is 0. The third kappa shape index (κ3) is 7.73. The molecule has 0 fully saturated rings. The average molecular weight is 192 g/mol. The topological polar surface area (TPSA) is 62.2 Å². The molecule has 0 amide bonds. The lowest BCUT2D eigenvalue weighted by molar-refractivity contribution is 0.319. The second kappa shape index (κ2) is 7.29. The van der Waals surface area contributed by atoms with E-state index < -0.39 is 0 Å². The first-order chi connectivity index (χ1) is 5.12. The number of hydrogen-bond donors (Lipinski definition) is 2. The van der Waals surface area contributed by atoms with Crippen LogP contribution in [0, 0.1) is 10.8 Å². The maximum atomic E-state index is 6.57. The smallest absolute Gasteiger partial charge is 0.0861 e. The Morgan fingerprint density at radius 3 is 2.42 bits per heavy atom. The molecule has 0 aromatic rings. The highest BCUT2D eigenvalue weighted by atomic mass is 35.5. The van der Waals surface area contributed by atoms with Crippen molar-refractivity contribution in [3.8, 4) is 0 Å². The van der Waals surface area contributed by atoms with E-state index in [2.05, 4.69) is 18.8 Å². The summed E-state index contributed by atoms with van der Waals surface area (Å²) in [5.41, 5.74) is 5.69. The van der Waals surface area contributed by atoms with E-state index in [1.165, 1.54) is 0 Å².